The van der Waals surface area contributed by atoms with Crippen LogP contribution in [0, 0.1) is 0 Å². The molecule has 0 aromatic rings. The molecule has 0 fully saturated rings. The zero-order valence-electron chi connectivity index (χ0n) is 9.70. The Bertz CT molecular complexity index is 245. The molecular formula is C10H14O5Ti. The summed E-state index contributed by atoms with van der Waals surface area (Å²) in [6.07, 6.45) is 2.11. The van der Waals surface area contributed by atoms with Gasteiger partial charge in [0.1, 0.15) is 0 Å². The van der Waals surface area contributed by atoms with Gasteiger partial charge in [-0.05, 0) is 26.0 Å². The SMILES string of the molecule is CC(=O)/C=C(/C)[O-].CC(=O)/C=C(/C)[O-].[O]=[Ti+2]. The summed E-state index contributed by atoms with van der Waals surface area (Å²) in [4.78, 5) is 20.0. The average Bonchev–Trinajstić information content (AvgIpc) is 2.03. The van der Waals surface area contributed by atoms with Crippen LogP contribution < -0.4 is 10.2 Å². The number of rotatable bonds is 2. The van der Waals surface area contributed by atoms with E-state index >= 15 is 0 Å². The summed E-state index contributed by atoms with van der Waals surface area (Å²) in [5, 5.41) is 20.0. The molecule has 88 valence electrons. The first-order valence-corrected chi connectivity index (χ1v) is 4.81. The number of hydrogen-bond acceptors (Lipinski definition) is 5. The third-order valence-corrected chi connectivity index (χ3v) is 0.813. The van der Waals surface area contributed by atoms with Gasteiger partial charge < -0.3 is 10.2 Å². The number of hydrogen-bond donors (Lipinski definition) is 0. The van der Waals surface area contributed by atoms with E-state index in [4.69, 9.17) is 3.32 Å². The Labute approximate surface area is 107 Å². The summed E-state index contributed by atoms with van der Waals surface area (Å²) in [6, 6.07) is 0. The summed E-state index contributed by atoms with van der Waals surface area (Å²) in [6.45, 7) is 5.39. The van der Waals surface area contributed by atoms with Gasteiger partial charge in [-0.2, -0.15) is 0 Å². The number of allylic oxidation sites excluding steroid dienone is 4. The Morgan fingerprint density at radius 2 is 1.00 bits per heavy atom. The summed E-state index contributed by atoms with van der Waals surface area (Å²) in [7, 11) is 0. The molecule has 6 heteroatoms. The van der Waals surface area contributed by atoms with E-state index in [1.165, 1.54) is 27.7 Å². The summed E-state index contributed by atoms with van der Waals surface area (Å²) < 4.78 is 8.25. The second-order valence-electron chi connectivity index (χ2n) is 2.73. The maximum atomic E-state index is 9.98. The minimum absolute atomic E-state index is 0.187. The summed E-state index contributed by atoms with van der Waals surface area (Å²) in [5.41, 5.74) is 0. The van der Waals surface area contributed by atoms with Gasteiger partial charge in [0.05, 0.1) is 0 Å². The fourth-order valence-corrected chi connectivity index (χ4v) is 0.572. The predicted octanol–water partition coefficient (Wildman–Crippen LogP) is -0.442. The van der Waals surface area contributed by atoms with Crippen LogP contribution in [-0.4, -0.2) is 11.6 Å². The second kappa shape index (κ2) is 13.9. The van der Waals surface area contributed by atoms with Crippen LogP contribution in [0.5, 0.6) is 0 Å². The molecule has 0 aliphatic heterocycles. The Kier molecular flexibility index (Phi) is 17.7. The number of ketones is 2. The molecule has 0 aliphatic rings. The van der Waals surface area contributed by atoms with Gasteiger partial charge in [0.25, 0.3) is 0 Å². The number of carbonyl (C=O) groups is 2. The van der Waals surface area contributed by atoms with Gasteiger partial charge in [0, 0.05) is 0 Å². The van der Waals surface area contributed by atoms with Crippen LogP contribution in [0.2, 0.25) is 0 Å². The van der Waals surface area contributed by atoms with E-state index < -0.39 is 0 Å². The van der Waals surface area contributed by atoms with Gasteiger partial charge in [-0.25, -0.2) is 0 Å². The van der Waals surface area contributed by atoms with Crippen molar-refractivity contribution in [3.05, 3.63) is 23.7 Å². The molecule has 5 nitrogen and oxygen atoms in total. The molecule has 0 spiro atoms. The molecule has 0 radical (unpaired) electrons. The first-order valence-electron chi connectivity index (χ1n) is 4.18. The third-order valence-electron chi connectivity index (χ3n) is 0.813. The zero-order valence-corrected chi connectivity index (χ0v) is 11.3. The molecule has 0 aliphatic carbocycles. The summed E-state index contributed by atoms with van der Waals surface area (Å²) in [5.74, 6) is -0.750. The van der Waals surface area contributed by atoms with Crippen molar-refractivity contribution in [2.75, 3.05) is 0 Å². The third kappa shape index (κ3) is 38.3. The van der Waals surface area contributed by atoms with Crippen molar-refractivity contribution < 1.29 is 43.5 Å². The monoisotopic (exact) mass is 262 g/mol. The molecular weight excluding hydrogens is 248 g/mol. The standard InChI is InChI=1S/2C5H8O2.O.Ti/c2*1-4(6)3-5(2)7;;/h2*3,6H,1-2H3;;/q;;;+2/p-2/b2*4-3-;;. The molecule has 0 atom stereocenters. The molecule has 0 saturated carbocycles. The predicted molar refractivity (Wildman–Crippen MR) is 49.6 cm³/mol. The first kappa shape index (κ1) is 20.4. The van der Waals surface area contributed by atoms with Gasteiger partial charge >= 0.3 is 23.7 Å². The second-order valence-corrected chi connectivity index (χ2v) is 2.73. The first-order chi connectivity index (χ1) is 7.25. The van der Waals surface area contributed by atoms with Crippen molar-refractivity contribution in [2.24, 2.45) is 0 Å². The molecule has 0 aromatic heterocycles. The van der Waals surface area contributed by atoms with Gasteiger partial charge in [-0.15, -0.1) is 11.5 Å². The molecule has 0 bridgehead atoms. The fourth-order valence-electron chi connectivity index (χ4n) is 0.572. The van der Waals surface area contributed by atoms with Crippen LogP contribution in [0.4, 0.5) is 0 Å². The Morgan fingerprint density at radius 3 is 1.00 bits per heavy atom. The molecule has 0 rings (SSSR count). The molecule has 0 saturated heterocycles. The normalized spacial score (nSPS) is 10.4. The van der Waals surface area contributed by atoms with Gasteiger partial charge in [0.15, 0.2) is 11.6 Å². The zero-order chi connectivity index (χ0) is 13.7. The van der Waals surface area contributed by atoms with Crippen LogP contribution in [0.3, 0.4) is 0 Å². The molecule has 0 N–H and O–H groups in total. The van der Waals surface area contributed by atoms with Crippen molar-refractivity contribution in [2.45, 2.75) is 27.7 Å². The van der Waals surface area contributed by atoms with Crippen molar-refractivity contribution in [1.82, 2.24) is 0 Å². The number of carbonyl (C=O) groups excluding carboxylic acids is 2. The van der Waals surface area contributed by atoms with E-state index in [-0.39, 0.29) is 23.1 Å². The van der Waals surface area contributed by atoms with Gasteiger partial charge in [-0.1, -0.05) is 13.8 Å². The molecule has 0 amide bonds. The molecule has 0 unspecified atom stereocenters. The van der Waals surface area contributed by atoms with Crippen LogP contribution in [0.15, 0.2) is 23.7 Å². The van der Waals surface area contributed by atoms with Crippen molar-refractivity contribution >= 4 is 11.6 Å². The van der Waals surface area contributed by atoms with Crippen LogP contribution in [0.25, 0.3) is 0 Å². The fraction of sp³-hybridized carbons (Fsp3) is 0.400. The van der Waals surface area contributed by atoms with Crippen LogP contribution in [0.1, 0.15) is 27.7 Å². The van der Waals surface area contributed by atoms with E-state index in [1.54, 1.807) is 0 Å². The maximum absolute atomic E-state index is 9.98. The van der Waals surface area contributed by atoms with Gasteiger partial charge in [-0.3, -0.25) is 9.59 Å². The van der Waals surface area contributed by atoms with E-state index in [2.05, 4.69) is 0 Å². The molecule has 0 heterocycles. The average molecular weight is 262 g/mol. The van der Waals surface area contributed by atoms with E-state index in [0.29, 0.717) is 0 Å². The molecule has 16 heavy (non-hydrogen) atoms. The van der Waals surface area contributed by atoms with E-state index in [9.17, 15) is 19.8 Å². The van der Waals surface area contributed by atoms with Gasteiger partial charge in [0.2, 0.25) is 0 Å². The Hall–Kier alpha value is -1.07. The quantitative estimate of drug-likeness (QED) is 0.381. The Morgan fingerprint density at radius 1 is 0.812 bits per heavy atom. The Balaban J connectivity index is -0.000000183. The summed E-state index contributed by atoms with van der Waals surface area (Å²) >= 11 is 0.750. The van der Waals surface area contributed by atoms with Crippen molar-refractivity contribution in [1.29, 1.82) is 0 Å². The van der Waals surface area contributed by atoms with E-state index in [1.807, 2.05) is 0 Å². The molecule has 0 aromatic carbocycles. The van der Waals surface area contributed by atoms with Crippen molar-refractivity contribution in [3.63, 3.8) is 0 Å². The van der Waals surface area contributed by atoms with Crippen molar-refractivity contribution in [3.8, 4) is 0 Å². The minimum atomic E-state index is -0.187. The topological polar surface area (TPSA) is 97.3 Å². The van der Waals surface area contributed by atoms with E-state index in [0.717, 1.165) is 32.6 Å². The van der Waals surface area contributed by atoms with Crippen LogP contribution >= 0.6 is 0 Å². The van der Waals surface area contributed by atoms with Crippen LogP contribution in [-0.2, 0) is 33.3 Å².